The van der Waals surface area contributed by atoms with Gasteiger partial charge in [0.2, 0.25) is 47.1 Å². The first-order valence-corrected chi connectivity index (χ1v) is 35.2. The molecular weight excluding hydrogens is 1420 g/mol. The van der Waals surface area contributed by atoms with E-state index < -0.39 is 171 Å². The van der Waals surface area contributed by atoms with Crippen molar-refractivity contribution in [3.05, 3.63) is 164 Å². The first-order valence-electron chi connectivity index (χ1n) is 34.5. The molecule has 7 aromatic rings. The number of rotatable bonds is 17. The third kappa shape index (κ3) is 16.8. The number of hydrogen-bond donors (Lipinski definition) is 17. The van der Waals surface area contributed by atoms with Crippen molar-refractivity contribution in [1.82, 2.24) is 36.8 Å². The predicted molar refractivity (Wildman–Crippen MR) is 384 cm³/mol. The van der Waals surface area contributed by atoms with Crippen LogP contribution in [-0.4, -0.2) is 124 Å². The third-order valence-corrected chi connectivity index (χ3v) is 19.5. The van der Waals surface area contributed by atoms with E-state index in [1.165, 1.54) is 59.5 Å². The van der Waals surface area contributed by atoms with Crippen LogP contribution in [0.4, 0.5) is 0 Å². The number of aromatic hydroxyl groups is 6. The number of phenols is 6. The molecule has 558 valence electrons. The summed E-state index contributed by atoms with van der Waals surface area (Å²) in [6, 6.07) is 5.79. The molecule has 0 spiro atoms. The number of nitrogens with one attached hydrogen (secondary N) is 6. The van der Waals surface area contributed by atoms with E-state index in [1.807, 2.05) is 0 Å². The highest BCUT2D eigenvalue weighted by Crippen LogP contribution is 2.50. The molecular formula is C75H80Cl2N10O19. The second-order valence-corrected chi connectivity index (χ2v) is 27.3. The van der Waals surface area contributed by atoms with E-state index in [4.69, 9.17) is 54.6 Å². The number of nitrogens with two attached hydrogens (primary N) is 3. The maximum Gasteiger partial charge on any atom is 0.330 e. The van der Waals surface area contributed by atoms with E-state index in [9.17, 15) is 55.2 Å². The summed E-state index contributed by atoms with van der Waals surface area (Å²) in [4.78, 5) is 122. The van der Waals surface area contributed by atoms with E-state index in [-0.39, 0.29) is 85.8 Å². The van der Waals surface area contributed by atoms with E-state index in [2.05, 4.69) is 38.8 Å². The number of amides is 7. The van der Waals surface area contributed by atoms with Crippen molar-refractivity contribution in [2.24, 2.45) is 17.2 Å². The second-order valence-electron chi connectivity index (χ2n) is 26.5. The smallest absolute Gasteiger partial charge is 0.330 e. The minimum absolute atomic E-state index is 0.0751. The first-order chi connectivity index (χ1) is 50.7. The van der Waals surface area contributed by atoms with Crippen LogP contribution in [0.25, 0.3) is 11.1 Å². The minimum Gasteiger partial charge on any atom is -0.508 e. The topological polar surface area (TPSA) is 480 Å². The molecule has 13 rings (SSSR count). The summed E-state index contributed by atoms with van der Waals surface area (Å²) < 4.78 is 18.6. The SMILES string of the molecule is CCCCCCCCCCN(Cc1c(O)cc2c(c1O)-c1cc(ccc1O)[C@@H]1NC(=O)[C@H]3NC(=O)[C@H]4NC(=O)[C@H](Cc5ccc(c(Cl)c5)Oc5cc3cc(c5O)Oc3ccc(cc3Cl)C(O)[C@H](NC1=O)C(=O)N[C@@H]2C(=O)O)NC(=O)[C@H](N)c1ccc(O)c(c1)Oc1cc(O)cc4c1)C(=O)C(N)CCCCN. The zero-order valence-electron chi connectivity index (χ0n) is 57.2. The van der Waals surface area contributed by atoms with Crippen molar-refractivity contribution < 1.29 is 93.4 Å². The first kappa shape index (κ1) is 76.1. The largest absolute Gasteiger partial charge is 0.508 e. The molecule has 31 heteroatoms. The van der Waals surface area contributed by atoms with Crippen LogP contribution < -0.4 is 63.3 Å². The van der Waals surface area contributed by atoms with Gasteiger partial charge in [-0.15, -0.1) is 0 Å². The summed E-state index contributed by atoms with van der Waals surface area (Å²) in [6.45, 7) is 1.97. The van der Waals surface area contributed by atoms with Crippen LogP contribution in [0.2, 0.25) is 10.0 Å². The van der Waals surface area contributed by atoms with Crippen LogP contribution in [-0.2, 0) is 51.3 Å². The Bertz CT molecular complexity index is 4600. The zero-order chi connectivity index (χ0) is 75.9. The van der Waals surface area contributed by atoms with Gasteiger partial charge in [0.25, 0.3) is 0 Å². The number of hydrogen-bond acceptors (Lipinski definition) is 21. The molecule has 0 fully saturated rings. The van der Waals surface area contributed by atoms with Crippen molar-refractivity contribution in [2.45, 2.75) is 145 Å². The minimum atomic E-state index is -2.32. The number of ether oxygens (including phenoxy) is 3. The van der Waals surface area contributed by atoms with Crippen molar-refractivity contribution in [3.63, 3.8) is 0 Å². The lowest BCUT2D eigenvalue weighted by molar-refractivity contribution is -0.143. The number of aliphatic carboxylic acids is 1. The Hall–Kier alpha value is -11.1. The van der Waals surface area contributed by atoms with Crippen LogP contribution in [0.15, 0.2) is 109 Å². The summed E-state index contributed by atoms with van der Waals surface area (Å²) >= 11 is 13.9. The number of aliphatic hydroxyl groups is 1. The molecule has 0 aromatic heterocycles. The number of halogens is 2. The van der Waals surface area contributed by atoms with E-state index in [1.54, 1.807) is 0 Å². The number of carbonyl (C=O) groups is 8. The number of carboxylic acids is 1. The summed E-state index contributed by atoms with van der Waals surface area (Å²) in [5, 5.41) is 110. The number of fused-ring (bicyclic) bond motifs is 14. The van der Waals surface area contributed by atoms with Crippen LogP contribution in [0.3, 0.4) is 0 Å². The van der Waals surface area contributed by atoms with Gasteiger partial charge in [0.15, 0.2) is 29.0 Å². The lowest BCUT2D eigenvalue weighted by Gasteiger charge is -2.31. The molecule has 0 aliphatic carbocycles. The Kier molecular flexibility index (Phi) is 23.6. The van der Waals surface area contributed by atoms with Crippen molar-refractivity contribution >= 4 is 70.5 Å². The third-order valence-electron chi connectivity index (χ3n) is 19.0. The van der Waals surface area contributed by atoms with Crippen molar-refractivity contribution in [2.75, 3.05) is 13.1 Å². The predicted octanol–water partition coefficient (Wildman–Crippen LogP) is 7.91. The van der Waals surface area contributed by atoms with Gasteiger partial charge in [0.05, 0.1) is 28.2 Å². The maximum atomic E-state index is 16.1. The molecule has 9 atom stereocenters. The highest BCUT2D eigenvalue weighted by molar-refractivity contribution is 6.32. The molecule has 20 N–H and O–H groups in total. The fraction of sp³-hybridized carbons (Fsp3) is 0.333. The molecule has 6 heterocycles. The number of carbonyl (C=O) groups excluding carboxylic acids is 7. The van der Waals surface area contributed by atoms with Crippen LogP contribution in [0, 0.1) is 0 Å². The molecule has 0 radical (unpaired) electrons. The van der Waals surface area contributed by atoms with Crippen LogP contribution in [0.5, 0.6) is 69.0 Å². The van der Waals surface area contributed by atoms with Gasteiger partial charge in [-0.05, 0) is 138 Å². The number of unbranched alkanes of at least 4 members (excludes halogenated alkanes) is 8. The molecule has 17 bridgehead atoms. The lowest BCUT2D eigenvalue weighted by atomic mass is 9.87. The molecule has 7 aromatic carbocycles. The average molecular weight is 1500 g/mol. The standard InChI is InChI=1S/C75H80Cl2N10O19/c1-2-3-4-5-6-7-8-11-22-87(74(101)48(79)12-9-10-21-78)34-45-52(91)33-44-58(66(45)93)43-27-37(15-17-50(43)89)60-70(97)86-64(73(100)85-63(44)75(102)103)65(92)38-16-20-54(47(77)28-38)106-57-31-40-30-56(67(57)94)105-53-19-13-35(23-46(53)76)24-49-68(95)82-61(71(98)84-62(40)72(99)83-60)39-25-41(88)32-42(26-39)104-55-29-36(14-18-51(55)90)59(80)69(96)81-49/h13-20,23,25-33,48-49,59-65,88-94H,2-12,21-22,24,34,78-80H2,1H3,(H,81,96)(H,82,95)(H,83,99)(H,84,98)(H,85,100)(H,86,97)(H,102,103)/t48?,49-,59+,60-,61-,62-,63-,64-,65?/m0/s1. The van der Waals surface area contributed by atoms with Gasteiger partial charge in [-0.1, -0.05) is 106 Å². The molecule has 6 aliphatic heterocycles. The lowest BCUT2D eigenvalue weighted by Crippen LogP contribution is -2.55. The van der Waals surface area contributed by atoms with E-state index >= 15 is 24.0 Å². The highest BCUT2D eigenvalue weighted by Gasteiger charge is 2.42. The van der Waals surface area contributed by atoms with Gasteiger partial charge < -0.3 is 109 Å². The Morgan fingerprint density at radius 1 is 0.557 bits per heavy atom. The molecule has 6 aliphatic rings. The number of nitrogens with zero attached hydrogens (tertiary/aromatic N) is 1. The highest BCUT2D eigenvalue weighted by atomic mass is 35.5. The number of benzene rings is 7. The van der Waals surface area contributed by atoms with Gasteiger partial charge in [-0.2, -0.15) is 0 Å². The molecule has 2 unspecified atom stereocenters. The number of phenolic OH excluding ortho intramolecular Hbond substituents is 6. The quantitative estimate of drug-likeness (QED) is 0.0385. The summed E-state index contributed by atoms with van der Waals surface area (Å²) in [5.41, 5.74) is 16.0. The molecule has 29 nitrogen and oxygen atoms in total. The summed E-state index contributed by atoms with van der Waals surface area (Å²) in [5.74, 6) is -16.1. The summed E-state index contributed by atoms with van der Waals surface area (Å²) in [7, 11) is 0. The molecule has 106 heavy (non-hydrogen) atoms. The molecule has 7 amide bonds. The van der Waals surface area contributed by atoms with Crippen LogP contribution >= 0.6 is 23.2 Å². The van der Waals surface area contributed by atoms with Gasteiger partial charge in [-0.25, -0.2) is 4.79 Å². The number of carboxylic acid groups (broad SMARTS) is 1. The fourth-order valence-corrected chi connectivity index (χ4v) is 13.7. The summed E-state index contributed by atoms with van der Waals surface area (Å²) in [6.07, 6.45) is 5.87. The average Bonchev–Trinajstić information content (AvgIpc) is 0.754. The zero-order valence-corrected chi connectivity index (χ0v) is 58.7. The molecule has 0 saturated carbocycles. The Labute approximate surface area is 616 Å². The van der Waals surface area contributed by atoms with Gasteiger partial charge in [-0.3, -0.25) is 33.6 Å². The number of aliphatic hydroxyl groups excluding tert-OH is 1. The monoisotopic (exact) mass is 1490 g/mol. The Morgan fingerprint density at radius 2 is 1.15 bits per heavy atom. The van der Waals surface area contributed by atoms with Gasteiger partial charge >= 0.3 is 5.97 Å². The normalized spacial score (nSPS) is 20.3. The second kappa shape index (κ2) is 32.9. The van der Waals surface area contributed by atoms with Crippen LogP contribution in [0.1, 0.15) is 158 Å². The van der Waals surface area contributed by atoms with Gasteiger partial charge in [0.1, 0.15) is 82.6 Å². The Morgan fingerprint density at radius 3 is 1.81 bits per heavy atom. The maximum absolute atomic E-state index is 16.1. The van der Waals surface area contributed by atoms with E-state index in [0.717, 1.165) is 93.1 Å². The van der Waals surface area contributed by atoms with Crippen molar-refractivity contribution in [1.29, 1.82) is 0 Å². The van der Waals surface area contributed by atoms with E-state index in [0.29, 0.717) is 37.8 Å². The molecule has 0 saturated heterocycles. The van der Waals surface area contributed by atoms with Crippen molar-refractivity contribution in [3.8, 4) is 80.1 Å². The fourth-order valence-electron chi connectivity index (χ4n) is 13.2. The van der Waals surface area contributed by atoms with Gasteiger partial charge in [0, 0.05) is 35.7 Å². The Balaban J connectivity index is 1.10.